The van der Waals surface area contributed by atoms with Gasteiger partial charge in [0, 0.05) is 0 Å². The van der Waals surface area contributed by atoms with Gasteiger partial charge in [0.25, 0.3) is 16.7 Å². The van der Waals surface area contributed by atoms with E-state index in [0.717, 1.165) is 31.9 Å². The van der Waals surface area contributed by atoms with Crippen LogP contribution in [0, 0.1) is 17.5 Å². The lowest BCUT2D eigenvalue weighted by molar-refractivity contribution is 0.631. The van der Waals surface area contributed by atoms with E-state index in [1.807, 2.05) is 0 Å². The SMILES string of the molecule is CC(Nc1nc(N)nc(N)c1Cl)c1nc2c(F)ccc(Cl)c2c(=O)n1-c1cnc(N)cn1.C[C@@H](Nc1nc(N)nc(N)c1Cl)c1nc2c(F)ccc(Cl)c2c(=O)n1-c1cnc(N)cn1.C[C@H](Nc1nc(N)nc(N)c1Cl)c1nc2c(F)ccc(Cl)c2c(=O)n1-c1cnc(N)cn1. The average Bonchev–Trinajstić information content (AvgIpc) is 0.766. The van der Waals surface area contributed by atoms with Crippen molar-refractivity contribution in [3.05, 3.63) is 170 Å². The molecule has 33 nitrogen and oxygen atoms in total. The van der Waals surface area contributed by atoms with Crippen LogP contribution in [0.25, 0.3) is 50.2 Å². The summed E-state index contributed by atoms with van der Waals surface area (Å²) in [4.78, 5) is 101. The fourth-order valence-electron chi connectivity index (χ4n) is 9.12. The van der Waals surface area contributed by atoms with Crippen LogP contribution >= 0.6 is 69.6 Å². The standard InChI is InChI=1S/3C18H15Cl2FN10O/c3*1-6(27-15-12(20)14(23)29-18(24)30-15)16-28-13-8(21)3-2-7(19)11(13)17(32)31(16)10-5-25-9(22)4-26-10/h3*2-6H,1H3,(H2,22,25)(H5,23,24,27,29,30)/t2*6-;/m10./s1. The molecule has 0 aliphatic heterocycles. The van der Waals surface area contributed by atoms with E-state index in [-0.39, 0.29) is 168 Å². The molecule has 492 valence electrons. The quantitative estimate of drug-likeness (QED) is 0.0586. The van der Waals surface area contributed by atoms with Crippen LogP contribution in [-0.2, 0) is 0 Å². The van der Waals surface area contributed by atoms with Crippen molar-refractivity contribution in [3.63, 3.8) is 0 Å². The van der Waals surface area contributed by atoms with Crippen LogP contribution in [0.4, 0.5) is 83.4 Å². The third-order valence-corrected chi connectivity index (χ3v) is 15.5. The van der Waals surface area contributed by atoms with Crippen LogP contribution in [0.5, 0.6) is 0 Å². The van der Waals surface area contributed by atoms with E-state index in [0.29, 0.717) is 0 Å². The molecule has 96 heavy (non-hydrogen) atoms. The Bertz CT molecular complexity index is 4740. The van der Waals surface area contributed by atoms with E-state index in [9.17, 15) is 27.6 Å². The molecule has 12 aromatic rings. The topological polar surface area (TPSA) is 530 Å². The third-order valence-electron chi connectivity index (χ3n) is 13.4. The molecule has 9 aromatic heterocycles. The van der Waals surface area contributed by atoms with Crippen LogP contribution < -0.4 is 84.2 Å². The molecule has 0 amide bonds. The van der Waals surface area contributed by atoms with E-state index in [4.69, 9.17) is 121 Å². The Balaban J connectivity index is 0.000000157. The van der Waals surface area contributed by atoms with Crippen LogP contribution in [-0.4, -0.2) is 88.5 Å². The second-order valence-electron chi connectivity index (χ2n) is 20.0. The van der Waals surface area contributed by atoms with Gasteiger partial charge in [-0.1, -0.05) is 69.6 Å². The van der Waals surface area contributed by atoms with E-state index in [1.54, 1.807) is 20.8 Å². The Labute approximate surface area is 564 Å². The van der Waals surface area contributed by atoms with Crippen molar-refractivity contribution < 1.29 is 13.2 Å². The lowest BCUT2D eigenvalue weighted by Crippen LogP contribution is -2.29. The van der Waals surface area contributed by atoms with E-state index >= 15 is 0 Å². The van der Waals surface area contributed by atoms with Crippen LogP contribution in [0.1, 0.15) is 56.4 Å². The van der Waals surface area contributed by atoms with Crippen LogP contribution in [0.2, 0.25) is 30.1 Å². The summed E-state index contributed by atoms with van der Waals surface area (Å²) >= 11 is 37.1. The number of anilines is 12. The fourth-order valence-corrected chi connectivity index (χ4v) is 10.2. The molecule has 3 aromatic carbocycles. The number of nitrogen functional groups attached to an aromatic ring is 9. The smallest absolute Gasteiger partial charge is 0.268 e. The molecular weight excluding hydrogens is 1390 g/mol. The van der Waals surface area contributed by atoms with E-state index in [1.165, 1.54) is 55.4 Å². The molecular formula is C54H45Cl6F3N30O3. The third kappa shape index (κ3) is 13.6. The first-order valence-electron chi connectivity index (χ1n) is 27.0. The zero-order valence-corrected chi connectivity index (χ0v) is 53.6. The summed E-state index contributed by atoms with van der Waals surface area (Å²) < 4.78 is 47.1. The predicted octanol–water partition coefficient (Wildman–Crippen LogP) is 6.99. The van der Waals surface area contributed by atoms with Crippen molar-refractivity contribution >= 4 is 173 Å². The minimum Gasteiger partial charge on any atom is -0.382 e. The Kier molecular flexibility index (Phi) is 19.2. The number of hydrogen-bond donors (Lipinski definition) is 12. The van der Waals surface area contributed by atoms with Crippen molar-refractivity contribution in [1.82, 2.24) is 88.5 Å². The molecule has 0 aliphatic carbocycles. The summed E-state index contributed by atoms with van der Waals surface area (Å²) in [5.74, 6) is -1.45. The summed E-state index contributed by atoms with van der Waals surface area (Å²) in [6.07, 6.45) is 7.64. The first-order chi connectivity index (χ1) is 45.5. The van der Waals surface area contributed by atoms with Crippen molar-refractivity contribution in [1.29, 1.82) is 0 Å². The predicted molar refractivity (Wildman–Crippen MR) is 361 cm³/mol. The maximum absolute atomic E-state index is 14.6. The number of nitrogens with one attached hydrogen (secondary N) is 3. The Hall–Kier alpha value is -11.3. The molecule has 12 rings (SSSR count). The van der Waals surface area contributed by atoms with Crippen molar-refractivity contribution in [2.45, 2.75) is 38.9 Å². The highest BCUT2D eigenvalue weighted by Gasteiger charge is 2.28. The Morgan fingerprint density at radius 1 is 0.365 bits per heavy atom. The van der Waals surface area contributed by atoms with E-state index in [2.05, 4.69) is 90.7 Å². The number of rotatable bonds is 12. The number of hydrogen-bond acceptors (Lipinski definition) is 30. The molecule has 0 spiro atoms. The first kappa shape index (κ1) is 67.6. The molecule has 42 heteroatoms. The van der Waals surface area contributed by atoms with Crippen LogP contribution in [0.3, 0.4) is 0 Å². The molecule has 9 heterocycles. The molecule has 0 fully saturated rings. The number of aromatic nitrogens is 18. The van der Waals surface area contributed by atoms with Gasteiger partial charge in [0.1, 0.15) is 101 Å². The maximum atomic E-state index is 14.6. The molecule has 3 atom stereocenters. The normalized spacial score (nSPS) is 12.1. The summed E-state index contributed by atoms with van der Waals surface area (Å²) in [5.41, 5.74) is 48.4. The van der Waals surface area contributed by atoms with Gasteiger partial charge >= 0.3 is 0 Å². The largest absolute Gasteiger partial charge is 0.382 e. The van der Waals surface area contributed by atoms with Gasteiger partial charge in [0.2, 0.25) is 17.8 Å². The van der Waals surface area contributed by atoms with Gasteiger partial charge in [0.05, 0.1) is 86.5 Å². The van der Waals surface area contributed by atoms with Crippen molar-refractivity contribution in [2.75, 3.05) is 67.6 Å². The monoisotopic (exact) mass is 1430 g/mol. The lowest BCUT2D eigenvalue weighted by Gasteiger charge is -2.20. The van der Waals surface area contributed by atoms with Gasteiger partial charge in [-0.15, -0.1) is 0 Å². The second-order valence-corrected chi connectivity index (χ2v) is 22.3. The Morgan fingerprint density at radius 2 is 0.615 bits per heavy atom. The first-order valence-corrected chi connectivity index (χ1v) is 29.3. The summed E-state index contributed by atoms with van der Waals surface area (Å²) in [5, 5.41) is 8.68. The Morgan fingerprint density at radius 3 is 0.844 bits per heavy atom. The van der Waals surface area contributed by atoms with Gasteiger partial charge < -0.3 is 67.6 Å². The summed E-state index contributed by atoms with van der Waals surface area (Å²) in [6, 6.07) is 4.88. The number of nitrogens with zero attached hydrogens (tertiary/aromatic N) is 18. The molecule has 1 unspecified atom stereocenters. The van der Waals surface area contributed by atoms with Crippen LogP contribution in [0.15, 0.2) is 88.0 Å². The molecule has 21 N–H and O–H groups in total. The highest BCUT2D eigenvalue weighted by atomic mass is 35.5. The summed E-state index contributed by atoms with van der Waals surface area (Å²) in [6.45, 7) is 4.92. The highest BCUT2D eigenvalue weighted by Crippen LogP contribution is 2.34. The van der Waals surface area contributed by atoms with E-state index < -0.39 is 52.3 Å². The van der Waals surface area contributed by atoms with Gasteiger partial charge in [-0.3, -0.25) is 14.4 Å². The zero-order chi connectivity index (χ0) is 69.5. The molecule has 0 saturated carbocycles. The number of nitrogens with two attached hydrogens (primary N) is 9. The molecule has 0 saturated heterocycles. The van der Waals surface area contributed by atoms with Gasteiger partial charge in [-0.25, -0.2) is 71.7 Å². The number of benzene rings is 3. The van der Waals surface area contributed by atoms with Gasteiger partial charge in [-0.05, 0) is 57.2 Å². The second kappa shape index (κ2) is 27.3. The fraction of sp³-hybridized carbons (Fsp3) is 0.111. The van der Waals surface area contributed by atoms with Crippen molar-refractivity contribution in [3.8, 4) is 17.5 Å². The number of fused-ring (bicyclic) bond motifs is 3. The zero-order valence-electron chi connectivity index (χ0n) is 49.0. The van der Waals surface area contributed by atoms with Crippen molar-refractivity contribution in [2.24, 2.45) is 0 Å². The summed E-state index contributed by atoms with van der Waals surface area (Å²) in [7, 11) is 0. The minimum absolute atomic E-state index is 0.0160. The average molecular weight is 1430 g/mol. The highest BCUT2D eigenvalue weighted by molar-refractivity contribution is 6.37. The maximum Gasteiger partial charge on any atom is 0.268 e. The van der Waals surface area contributed by atoms with Gasteiger partial charge in [-0.2, -0.15) is 29.9 Å². The number of halogens is 9. The molecule has 0 bridgehead atoms. The lowest BCUT2D eigenvalue weighted by atomic mass is 10.2. The molecule has 0 aliphatic rings. The minimum atomic E-state index is -0.768. The molecule has 0 radical (unpaired) electrons. The van der Waals surface area contributed by atoms with Gasteiger partial charge in [0.15, 0.2) is 34.9 Å².